The van der Waals surface area contributed by atoms with Crippen molar-refractivity contribution in [3.05, 3.63) is 6.33 Å². The van der Waals surface area contributed by atoms with Gasteiger partial charge in [0.05, 0.1) is 6.33 Å². The number of halogens is 4. The number of ether oxygens (including phenoxy) is 1. The maximum atomic E-state index is 12.8. The first-order chi connectivity index (χ1) is 9.44. The minimum absolute atomic E-state index is 0.113. The van der Waals surface area contributed by atoms with Gasteiger partial charge in [0.1, 0.15) is 5.52 Å². The quantitative estimate of drug-likeness (QED) is 0.797. The van der Waals surface area contributed by atoms with Crippen LogP contribution in [0.2, 0.25) is 0 Å². The van der Waals surface area contributed by atoms with Gasteiger partial charge in [-0.25, -0.2) is 13.8 Å². The summed E-state index contributed by atoms with van der Waals surface area (Å²) in [4.78, 5) is 14.3. The van der Waals surface area contributed by atoms with Crippen LogP contribution in [0, 0.1) is 0 Å². The molecule has 0 saturated heterocycles. The number of fused-ring (bicyclic) bond motifs is 1. The number of nitrogens with zero attached hydrogens (tertiary/aromatic N) is 3. The van der Waals surface area contributed by atoms with E-state index in [1.54, 1.807) is 6.92 Å². The Morgan fingerprint density at radius 1 is 1.40 bits per heavy atom. The SMILES string of the molecule is CCNc1nc(OCC(F)(F)C(F)F)c2[nH]cnc2n1. The van der Waals surface area contributed by atoms with E-state index in [0.717, 1.165) is 0 Å². The third-order valence-electron chi connectivity index (χ3n) is 2.31. The van der Waals surface area contributed by atoms with E-state index in [0.29, 0.717) is 6.54 Å². The summed E-state index contributed by atoms with van der Waals surface area (Å²) in [5.41, 5.74) is 0.350. The van der Waals surface area contributed by atoms with E-state index in [1.165, 1.54) is 6.33 Å². The molecule has 6 nitrogen and oxygen atoms in total. The van der Waals surface area contributed by atoms with Gasteiger partial charge in [0.2, 0.25) is 11.8 Å². The monoisotopic (exact) mass is 293 g/mol. The molecule has 2 heterocycles. The highest BCUT2D eigenvalue weighted by Gasteiger charge is 2.42. The van der Waals surface area contributed by atoms with Gasteiger partial charge in [0, 0.05) is 6.54 Å². The highest BCUT2D eigenvalue weighted by molar-refractivity contribution is 5.76. The molecule has 0 aliphatic carbocycles. The summed E-state index contributed by atoms with van der Waals surface area (Å²) in [7, 11) is 0. The minimum Gasteiger partial charge on any atom is -0.469 e. The zero-order valence-electron chi connectivity index (χ0n) is 10.3. The molecule has 0 unspecified atom stereocenters. The Morgan fingerprint density at radius 2 is 2.15 bits per heavy atom. The largest absolute Gasteiger partial charge is 0.469 e. The van der Waals surface area contributed by atoms with Crippen molar-refractivity contribution in [2.24, 2.45) is 0 Å². The molecule has 110 valence electrons. The first kappa shape index (κ1) is 14.3. The molecule has 0 spiro atoms. The van der Waals surface area contributed by atoms with Crippen LogP contribution in [0.5, 0.6) is 5.88 Å². The molecule has 0 aromatic carbocycles. The molecule has 2 aromatic rings. The molecule has 2 rings (SSSR count). The van der Waals surface area contributed by atoms with Crippen LogP contribution in [0.4, 0.5) is 23.5 Å². The number of rotatable bonds is 6. The topological polar surface area (TPSA) is 75.7 Å². The molecule has 0 radical (unpaired) electrons. The second-order valence-electron chi connectivity index (χ2n) is 3.83. The van der Waals surface area contributed by atoms with E-state index >= 15 is 0 Å². The van der Waals surface area contributed by atoms with E-state index in [1.807, 2.05) is 0 Å². The number of hydrogen-bond donors (Lipinski definition) is 2. The van der Waals surface area contributed by atoms with Crippen LogP contribution in [0.15, 0.2) is 6.33 Å². The van der Waals surface area contributed by atoms with Crippen LogP contribution in [-0.4, -0.2) is 45.4 Å². The number of H-pyrrole nitrogens is 1. The van der Waals surface area contributed by atoms with Crippen LogP contribution >= 0.6 is 0 Å². The molecule has 0 fully saturated rings. The minimum atomic E-state index is -4.25. The van der Waals surface area contributed by atoms with Gasteiger partial charge in [-0.1, -0.05) is 0 Å². The van der Waals surface area contributed by atoms with Gasteiger partial charge in [-0.05, 0) is 6.92 Å². The summed E-state index contributed by atoms with van der Waals surface area (Å²) in [6.07, 6.45) is -2.54. The van der Waals surface area contributed by atoms with Gasteiger partial charge in [-0.2, -0.15) is 18.7 Å². The number of aromatic amines is 1. The van der Waals surface area contributed by atoms with Crippen LogP contribution < -0.4 is 10.1 Å². The van der Waals surface area contributed by atoms with Gasteiger partial charge in [-0.3, -0.25) is 0 Å². The Morgan fingerprint density at radius 3 is 2.80 bits per heavy atom. The molecular formula is C10H11F4N5O. The van der Waals surface area contributed by atoms with Gasteiger partial charge in [0.15, 0.2) is 12.3 Å². The number of aromatic nitrogens is 4. The maximum Gasteiger partial charge on any atom is 0.340 e. The predicted molar refractivity (Wildman–Crippen MR) is 62.3 cm³/mol. The first-order valence-electron chi connectivity index (χ1n) is 5.67. The summed E-state index contributed by atoms with van der Waals surface area (Å²) in [5.74, 6) is -4.40. The Hall–Kier alpha value is -2.13. The number of hydrogen-bond acceptors (Lipinski definition) is 5. The average molecular weight is 293 g/mol. The number of alkyl halides is 4. The van der Waals surface area contributed by atoms with Gasteiger partial charge in [0.25, 0.3) is 0 Å². The lowest BCUT2D eigenvalue weighted by atomic mass is 10.4. The van der Waals surface area contributed by atoms with Crippen LogP contribution in [0.3, 0.4) is 0 Å². The van der Waals surface area contributed by atoms with E-state index < -0.39 is 19.0 Å². The molecular weight excluding hydrogens is 282 g/mol. The summed E-state index contributed by atoms with van der Waals surface area (Å²) < 4.78 is 54.5. The number of nitrogens with one attached hydrogen (secondary N) is 2. The lowest BCUT2D eigenvalue weighted by molar-refractivity contribution is -0.148. The normalized spacial score (nSPS) is 12.1. The molecule has 0 aliphatic heterocycles. The Labute approximate surface area is 110 Å². The zero-order chi connectivity index (χ0) is 14.8. The molecule has 2 aromatic heterocycles. The van der Waals surface area contributed by atoms with Crippen molar-refractivity contribution in [2.75, 3.05) is 18.5 Å². The zero-order valence-corrected chi connectivity index (χ0v) is 10.3. The Balaban J connectivity index is 2.26. The van der Waals surface area contributed by atoms with E-state index in [2.05, 4.69) is 25.3 Å². The van der Waals surface area contributed by atoms with Crippen molar-refractivity contribution in [2.45, 2.75) is 19.3 Å². The lowest BCUT2D eigenvalue weighted by Crippen LogP contribution is -2.34. The summed E-state index contributed by atoms with van der Waals surface area (Å²) in [6, 6.07) is 0. The van der Waals surface area contributed by atoms with E-state index in [-0.39, 0.29) is 23.0 Å². The maximum absolute atomic E-state index is 12.8. The van der Waals surface area contributed by atoms with Crippen LogP contribution in [0.1, 0.15) is 6.92 Å². The summed E-state index contributed by atoms with van der Waals surface area (Å²) >= 11 is 0. The average Bonchev–Trinajstić information content (AvgIpc) is 2.84. The van der Waals surface area contributed by atoms with Crippen molar-refractivity contribution in [3.63, 3.8) is 0 Å². The molecule has 10 heteroatoms. The summed E-state index contributed by atoms with van der Waals surface area (Å²) in [5, 5.41) is 2.76. The van der Waals surface area contributed by atoms with Crippen molar-refractivity contribution in [1.29, 1.82) is 0 Å². The fraction of sp³-hybridized carbons (Fsp3) is 0.500. The van der Waals surface area contributed by atoms with Crippen molar-refractivity contribution >= 4 is 17.1 Å². The fourth-order valence-electron chi connectivity index (χ4n) is 1.38. The highest BCUT2D eigenvalue weighted by Crippen LogP contribution is 2.26. The number of anilines is 1. The molecule has 0 saturated carbocycles. The Kier molecular flexibility index (Phi) is 3.91. The van der Waals surface area contributed by atoms with Crippen LogP contribution in [0.25, 0.3) is 11.2 Å². The van der Waals surface area contributed by atoms with Crippen molar-refractivity contribution < 1.29 is 22.3 Å². The third kappa shape index (κ3) is 2.89. The molecule has 0 aliphatic rings. The molecule has 0 bridgehead atoms. The molecule has 0 atom stereocenters. The summed E-state index contributed by atoms with van der Waals surface area (Å²) in [6.45, 7) is 0.785. The second kappa shape index (κ2) is 5.47. The molecule has 2 N–H and O–H groups in total. The van der Waals surface area contributed by atoms with E-state index in [9.17, 15) is 17.6 Å². The van der Waals surface area contributed by atoms with Gasteiger partial charge >= 0.3 is 12.3 Å². The second-order valence-corrected chi connectivity index (χ2v) is 3.83. The molecule has 0 amide bonds. The van der Waals surface area contributed by atoms with Crippen molar-refractivity contribution in [3.8, 4) is 5.88 Å². The smallest absolute Gasteiger partial charge is 0.340 e. The van der Waals surface area contributed by atoms with E-state index in [4.69, 9.17) is 4.74 Å². The first-order valence-corrected chi connectivity index (χ1v) is 5.67. The predicted octanol–water partition coefficient (Wildman–Crippen LogP) is 2.06. The Bertz CT molecular complexity index is 588. The van der Waals surface area contributed by atoms with Gasteiger partial charge in [-0.15, -0.1) is 0 Å². The van der Waals surface area contributed by atoms with Gasteiger partial charge < -0.3 is 15.0 Å². The van der Waals surface area contributed by atoms with Crippen LogP contribution in [-0.2, 0) is 0 Å². The number of imidazole rings is 1. The standard InChI is InChI=1S/C10H11F4N5O/c1-2-15-9-18-6-5(16-4-17-6)7(19-9)20-3-10(13,14)8(11)12/h4,8H,2-3H2,1H3,(H2,15,16,17,18,19). The molecule has 20 heavy (non-hydrogen) atoms. The fourth-order valence-corrected chi connectivity index (χ4v) is 1.38. The highest BCUT2D eigenvalue weighted by atomic mass is 19.3. The van der Waals surface area contributed by atoms with Crippen molar-refractivity contribution in [1.82, 2.24) is 19.9 Å². The lowest BCUT2D eigenvalue weighted by Gasteiger charge is -2.15. The third-order valence-corrected chi connectivity index (χ3v) is 2.31.